The fourth-order valence-electron chi connectivity index (χ4n) is 1.18. The van der Waals surface area contributed by atoms with Crippen molar-refractivity contribution in [2.75, 3.05) is 13.1 Å². The number of carboxylic acids is 1. The summed E-state index contributed by atoms with van der Waals surface area (Å²) in [6.45, 7) is 1.46. The van der Waals surface area contributed by atoms with Crippen LogP contribution in [0.3, 0.4) is 0 Å². The van der Waals surface area contributed by atoms with E-state index in [1.807, 2.05) is 0 Å². The van der Waals surface area contributed by atoms with E-state index in [0.29, 0.717) is 0 Å². The molecule has 0 aromatic rings. The van der Waals surface area contributed by atoms with Gasteiger partial charge in [0.2, 0.25) is 5.91 Å². The van der Waals surface area contributed by atoms with Crippen molar-refractivity contribution in [3.05, 3.63) is 12.2 Å². The van der Waals surface area contributed by atoms with E-state index >= 15 is 0 Å². The molecule has 0 saturated carbocycles. The van der Waals surface area contributed by atoms with Crippen LogP contribution in [0.15, 0.2) is 12.2 Å². The van der Waals surface area contributed by atoms with Crippen LogP contribution in [0.1, 0.15) is 12.8 Å². The molecule has 0 atom stereocenters. The molecular formula is C8H10NO3-. The van der Waals surface area contributed by atoms with Gasteiger partial charge in [-0.05, 0) is 18.9 Å². The summed E-state index contributed by atoms with van der Waals surface area (Å²) >= 11 is 0. The lowest BCUT2D eigenvalue weighted by Gasteiger charge is -2.11. The Morgan fingerprint density at radius 2 is 1.75 bits per heavy atom. The van der Waals surface area contributed by atoms with Crippen LogP contribution < -0.4 is 5.11 Å². The molecule has 0 aromatic heterocycles. The van der Waals surface area contributed by atoms with Gasteiger partial charge in [0, 0.05) is 19.2 Å². The zero-order valence-corrected chi connectivity index (χ0v) is 6.66. The Kier molecular flexibility index (Phi) is 2.85. The van der Waals surface area contributed by atoms with E-state index in [-0.39, 0.29) is 5.91 Å². The van der Waals surface area contributed by atoms with Crippen molar-refractivity contribution >= 4 is 11.9 Å². The third-order valence-corrected chi connectivity index (χ3v) is 1.78. The van der Waals surface area contributed by atoms with Gasteiger partial charge in [0.25, 0.3) is 0 Å². The second-order valence-electron chi connectivity index (χ2n) is 2.68. The molecule has 1 fully saturated rings. The zero-order chi connectivity index (χ0) is 8.97. The fourth-order valence-corrected chi connectivity index (χ4v) is 1.18. The molecular weight excluding hydrogens is 158 g/mol. The molecule has 1 aliphatic heterocycles. The number of carbonyl (C=O) groups excluding carboxylic acids is 2. The first-order valence-corrected chi connectivity index (χ1v) is 3.88. The zero-order valence-electron chi connectivity index (χ0n) is 6.66. The van der Waals surface area contributed by atoms with Crippen molar-refractivity contribution in [3.63, 3.8) is 0 Å². The number of hydrogen-bond acceptors (Lipinski definition) is 3. The number of carbonyl (C=O) groups is 2. The third-order valence-electron chi connectivity index (χ3n) is 1.78. The van der Waals surface area contributed by atoms with Gasteiger partial charge in [0.05, 0.1) is 5.97 Å². The van der Waals surface area contributed by atoms with Crippen LogP contribution in [0.4, 0.5) is 0 Å². The summed E-state index contributed by atoms with van der Waals surface area (Å²) in [7, 11) is 0. The summed E-state index contributed by atoms with van der Waals surface area (Å²) in [5.74, 6) is -1.57. The number of likely N-dealkylation sites (tertiary alicyclic amines) is 1. The van der Waals surface area contributed by atoms with E-state index in [2.05, 4.69) is 0 Å². The summed E-state index contributed by atoms with van der Waals surface area (Å²) in [5, 5.41) is 9.95. The van der Waals surface area contributed by atoms with Crippen LogP contribution in [0.2, 0.25) is 0 Å². The molecule has 1 heterocycles. The average Bonchev–Trinajstić information content (AvgIpc) is 2.51. The third kappa shape index (κ3) is 2.38. The van der Waals surface area contributed by atoms with Crippen LogP contribution in [-0.2, 0) is 9.59 Å². The van der Waals surface area contributed by atoms with E-state index in [1.165, 1.54) is 0 Å². The maximum atomic E-state index is 11.1. The van der Waals surface area contributed by atoms with E-state index in [0.717, 1.165) is 38.1 Å². The molecule has 1 amide bonds. The van der Waals surface area contributed by atoms with Crippen molar-refractivity contribution in [1.82, 2.24) is 4.90 Å². The highest BCUT2D eigenvalue weighted by atomic mass is 16.4. The molecule has 4 nitrogen and oxygen atoms in total. The highest BCUT2D eigenvalue weighted by Crippen LogP contribution is 2.07. The maximum absolute atomic E-state index is 11.1. The summed E-state index contributed by atoms with van der Waals surface area (Å²) < 4.78 is 0. The van der Waals surface area contributed by atoms with Crippen LogP contribution in [0, 0.1) is 0 Å². The van der Waals surface area contributed by atoms with Gasteiger partial charge in [-0.15, -0.1) is 0 Å². The molecule has 66 valence electrons. The summed E-state index contributed by atoms with van der Waals surface area (Å²) in [5.41, 5.74) is 0. The summed E-state index contributed by atoms with van der Waals surface area (Å²) in [6, 6.07) is 0. The second kappa shape index (κ2) is 3.90. The van der Waals surface area contributed by atoms with Crippen LogP contribution in [0.25, 0.3) is 0 Å². The minimum Gasteiger partial charge on any atom is -0.545 e. The molecule has 0 unspecified atom stereocenters. The topological polar surface area (TPSA) is 60.4 Å². The Morgan fingerprint density at radius 3 is 2.25 bits per heavy atom. The van der Waals surface area contributed by atoms with Crippen molar-refractivity contribution in [2.45, 2.75) is 12.8 Å². The Bertz CT molecular complexity index is 216. The number of nitrogens with zero attached hydrogens (tertiary/aromatic N) is 1. The van der Waals surface area contributed by atoms with Crippen molar-refractivity contribution in [2.24, 2.45) is 0 Å². The number of amides is 1. The van der Waals surface area contributed by atoms with E-state index in [9.17, 15) is 14.7 Å². The number of aliphatic carboxylic acids is 1. The van der Waals surface area contributed by atoms with Gasteiger partial charge in [-0.25, -0.2) is 0 Å². The van der Waals surface area contributed by atoms with E-state index in [1.54, 1.807) is 4.90 Å². The van der Waals surface area contributed by atoms with Gasteiger partial charge < -0.3 is 14.8 Å². The molecule has 0 bridgehead atoms. The molecule has 0 spiro atoms. The normalized spacial score (nSPS) is 17.2. The first-order chi connectivity index (χ1) is 5.70. The standard InChI is InChI=1S/C8H11NO3/c10-7(3-4-8(11)12)9-5-1-2-6-9/h3-4H,1-2,5-6H2,(H,11,12)/p-1/b4-3+. The predicted molar refractivity (Wildman–Crippen MR) is 40.0 cm³/mol. The largest absolute Gasteiger partial charge is 0.545 e. The molecule has 1 rings (SSSR count). The minimum atomic E-state index is -1.33. The monoisotopic (exact) mass is 168 g/mol. The van der Waals surface area contributed by atoms with E-state index in [4.69, 9.17) is 0 Å². The van der Waals surface area contributed by atoms with Gasteiger partial charge >= 0.3 is 0 Å². The molecule has 4 heteroatoms. The van der Waals surface area contributed by atoms with Crippen LogP contribution >= 0.6 is 0 Å². The maximum Gasteiger partial charge on any atom is 0.246 e. The molecule has 0 radical (unpaired) electrons. The highest BCUT2D eigenvalue weighted by Gasteiger charge is 2.14. The van der Waals surface area contributed by atoms with Crippen LogP contribution in [0.5, 0.6) is 0 Å². The van der Waals surface area contributed by atoms with Crippen molar-refractivity contribution in [1.29, 1.82) is 0 Å². The smallest absolute Gasteiger partial charge is 0.246 e. The average molecular weight is 168 g/mol. The lowest BCUT2D eigenvalue weighted by atomic mass is 10.4. The molecule has 12 heavy (non-hydrogen) atoms. The molecule has 1 aliphatic rings. The molecule has 1 saturated heterocycles. The Hall–Kier alpha value is -1.32. The van der Waals surface area contributed by atoms with Gasteiger partial charge in [-0.2, -0.15) is 0 Å². The Labute approximate surface area is 70.5 Å². The van der Waals surface area contributed by atoms with Gasteiger partial charge in [-0.1, -0.05) is 0 Å². The predicted octanol–water partition coefficient (Wildman–Crippen LogP) is -1.09. The van der Waals surface area contributed by atoms with Crippen LogP contribution in [-0.4, -0.2) is 29.9 Å². The van der Waals surface area contributed by atoms with Crippen molar-refractivity contribution in [3.8, 4) is 0 Å². The Balaban J connectivity index is 2.42. The number of carboxylic acid groups (broad SMARTS) is 1. The summed E-state index contributed by atoms with van der Waals surface area (Å²) in [4.78, 5) is 22.7. The summed E-state index contributed by atoms with van der Waals surface area (Å²) in [6.07, 6.45) is 3.82. The Morgan fingerprint density at radius 1 is 1.17 bits per heavy atom. The second-order valence-corrected chi connectivity index (χ2v) is 2.68. The van der Waals surface area contributed by atoms with Crippen molar-refractivity contribution < 1.29 is 14.7 Å². The fraction of sp³-hybridized carbons (Fsp3) is 0.500. The quantitative estimate of drug-likeness (QED) is 0.492. The van der Waals surface area contributed by atoms with Gasteiger partial charge in [0.1, 0.15) is 0 Å². The molecule has 0 aliphatic carbocycles. The minimum absolute atomic E-state index is 0.239. The molecule has 0 N–H and O–H groups in total. The lowest BCUT2D eigenvalue weighted by Crippen LogP contribution is -2.26. The number of hydrogen-bond donors (Lipinski definition) is 0. The first kappa shape index (κ1) is 8.77. The highest BCUT2D eigenvalue weighted by molar-refractivity contribution is 5.93. The molecule has 0 aromatic carbocycles. The SMILES string of the molecule is O=C([O-])/C=C/C(=O)N1CCCC1. The number of rotatable bonds is 2. The van der Waals surface area contributed by atoms with Gasteiger partial charge in [0.15, 0.2) is 0 Å². The van der Waals surface area contributed by atoms with Gasteiger partial charge in [-0.3, -0.25) is 4.79 Å². The lowest BCUT2D eigenvalue weighted by molar-refractivity contribution is -0.297. The van der Waals surface area contributed by atoms with E-state index < -0.39 is 5.97 Å². The first-order valence-electron chi connectivity index (χ1n) is 3.88.